The van der Waals surface area contributed by atoms with E-state index in [4.69, 9.17) is 17.3 Å². The molecule has 5 heteroatoms. The fourth-order valence-corrected chi connectivity index (χ4v) is 1.66. The third-order valence-corrected chi connectivity index (χ3v) is 2.78. The van der Waals surface area contributed by atoms with E-state index in [2.05, 4.69) is 9.72 Å². The predicted molar refractivity (Wildman–Crippen MR) is 57.0 cm³/mol. The van der Waals surface area contributed by atoms with Crippen LogP contribution >= 0.6 is 11.6 Å². The SMILES string of the molecule is COC(=O)c1cc(N)c(Cl)c(C2CC2)n1. The summed E-state index contributed by atoms with van der Waals surface area (Å²) in [4.78, 5) is 15.5. The van der Waals surface area contributed by atoms with Crippen molar-refractivity contribution in [3.05, 3.63) is 22.5 Å². The highest BCUT2D eigenvalue weighted by Crippen LogP contribution is 2.43. The largest absolute Gasteiger partial charge is 0.464 e. The topological polar surface area (TPSA) is 65.2 Å². The number of carbonyl (C=O) groups is 1. The van der Waals surface area contributed by atoms with Crippen LogP contribution < -0.4 is 5.73 Å². The fraction of sp³-hybridized carbons (Fsp3) is 0.400. The Labute approximate surface area is 92.4 Å². The molecule has 15 heavy (non-hydrogen) atoms. The Morgan fingerprint density at radius 3 is 2.87 bits per heavy atom. The van der Waals surface area contributed by atoms with Gasteiger partial charge in [0, 0.05) is 5.92 Å². The van der Waals surface area contributed by atoms with Crippen LogP contribution in [0.4, 0.5) is 5.69 Å². The molecule has 2 N–H and O–H groups in total. The van der Waals surface area contributed by atoms with Crippen molar-refractivity contribution in [1.82, 2.24) is 4.98 Å². The summed E-state index contributed by atoms with van der Waals surface area (Å²) in [5.74, 6) is -0.135. The molecule has 0 saturated heterocycles. The van der Waals surface area contributed by atoms with Gasteiger partial charge in [-0.2, -0.15) is 0 Å². The number of hydrogen-bond acceptors (Lipinski definition) is 4. The van der Waals surface area contributed by atoms with Crippen molar-refractivity contribution in [3.8, 4) is 0 Å². The number of nitrogen functional groups attached to an aromatic ring is 1. The second-order valence-corrected chi connectivity index (χ2v) is 3.94. The third-order valence-electron chi connectivity index (χ3n) is 2.37. The molecule has 1 aliphatic carbocycles. The molecule has 0 atom stereocenters. The maximum Gasteiger partial charge on any atom is 0.356 e. The number of anilines is 1. The summed E-state index contributed by atoms with van der Waals surface area (Å²) in [6.45, 7) is 0. The lowest BCUT2D eigenvalue weighted by atomic mass is 10.2. The summed E-state index contributed by atoms with van der Waals surface area (Å²) in [5, 5.41) is 0.463. The van der Waals surface area contributed by atoms with Crippen LogP contribution in [0.5, 0.6) is 0 Å². The monoisotopic (exact) mass is 226 g/mol. The lowest BCUT2D eigenvalue weighted by Gasteiger charge is -2.07. The van der Waals surface area contributed by atoms with Crippen LogP contribution in [0.2, 0.25) is 5.02 Å². The summed E-state index contributed by atoms with van der Waals surface area (Å²) < 4.78 is 4.59. The number of nitrogens with two attached hydrogens (primary N) is 1. The summed E-state index contributed by atoms with van der Waals surface area (Å²) in [7, 11) is 1.31. The van der Waals surface area contributed by atoms with Gasteiger partial charge in [-0.25, -0.2) is 9.78 Å². The van der Waals surface area contributed by atoms with Gasteiger partial charge in [0.25, 0.3) is 0 Å². The number of rotatable bonds is 2. The minimum atomic E-state index is -0.486. The number of pyridine rings is 1. The number of halogens is 1. The number of esters is 1. The van der Waals surface area contributed by atoms with Crippen LogP contribution in [-0.4, -0.2) is 18.1 Å². The normalized spacial score (nSPS) is 15.1. The molecule has 2 rings (SSSR count). The van der Waals surface area contributed by atoms with E-state index in [1.807, 2.05) is 0 Å². The predicted octanol–water partition coefficient (Wildman–Crippen LogP) is 1.98. The molecule has 1 aromatic heterocycles. The number of carbonyl (C=O) groups excluding carboxylic acids is 1. The van der Waals surface area contributed by atoms with E-state index < -0.39 is 5.97 Å². The molecule has 1 saturated carbocycles. The molecule has 0 spiro atoms. The van der Waals surface area contributed by atoms with Gasteiger partial charge < -0.3 is 10.5 Å². The van der Waals surface area contributed by atoms with E-state index in [1.54, 1.807) is 0 Å². The molecule has 1 heterocycles. The Hall–Kier alpha value is -1.29. The van der Waals surface area contributed by atoms with Crippen molar-refractivity contribution in [1.29, 1.82) is 0 Å². The fourth-order valence-electron chi connectivity index (χ4n) is 1.41. The Kier molecular flexibility index (Phi) is 2.52. The van der Waals surface area contributed by atoms with Crippen molar-refractivity contribution < 1.29 is 9.53 Å². The van der Waals surface area contributed by atoms with Gasteiger partial charge in [-0.15, -0.1) is 0 Å². The standard InChI is InChI=1S/C10H11ClN2O2/c1-15-10(14)7-4-6(12)8(11)9(13-7)5-2-3-5/h4-5H,2-3H2,1H3,(H2,12,13). The van der Waals surface area contributed by atoms with E-state index >= 15 is 0 Å². The second-order valence-electron chi connectivity index (χ2n) is 3.56. The highest BCUT2D eigenvalue weighted by atomic mass is 35.5. The summed E-state index contributed by atoms with van der Waals surface area (Å²) in [5.41, 5.74) is 7.03. The molecule has 1 aliphatic rings. The minimum Gasteiger partial charge on any atom is -0.464 e. The lowest BCUT2D eigenvalue weighted by molar-refractivity contribution is 0.0594. The first-order valence-electron chi connectivity index (χ1n) is 4.67. The first-order chi connectivity index (χ1) is 7.13. The average Bonchev–Trinajstić information content (AvgIpc) is 3.04. The van der Waals surface area contributed by atoms with Crippen LogP contribution in [0.25, 0.3) is 0 Å². The van der Waals surface area contributed by atoms with E-state index in [0.29, 0.717) is 16.6 Å². The van der Waals surface area contributed by atoms with Crippen molar-refractivity contribution in [3.63, 3.8) is 0 Å². The van der Waals surface area contributed by atoms with Gasteiger partial charge in [0.2, 0.25) is 0 Å². The Bertz CT molecular complexity index is 416. The number of methoxy groups -OCH3 is 1. The number of nitrogens with zero attached hydrogens (tertiary/aromatic N) is 1. The molecule has 1 fully saturated rings. The number of aromatic nitrogens is 1. The van der Waals surface area contributed by atoms with Crippen LogP contribution in [0.15, 0.2) is 6.07 Å². The maximum absolute atomic E-state index is 11.3. The molecule has 0 amide bonds. The van der Waals surface area contributed by atoms with Crippen LogP contribution in [0.1, 0.15) is 34.9 Å². The zero-order chi connectivity index (χ0) is 11.0. The Morgan fingerprint density at radius 2 is 2.33 bits per heavy atom. The van der Waals surface area contributed by atoms with E-state index in [1.165, 1.54) is 13.2 Å². The van der Waals surface area contributed by atoms with Crippen molar-refractivity contribution in [2.24, 2.45) is 0 Å². The van der Waals surface area contributed by atoms with Gasteiger partial charge >= 0.3 is 5.97 Å². The average molecular weight is 227 g/mol. The van der Waals surface area contributed by atoms with Gasteiger partial charge in [-0.05, 0) is 18.9 Å². The number of ether oxygens (including phenoxy) is 1. The molecule has 0 aliphatic heterocycles. The highest BCUT2D eigenvalue weighted by Gasteiger charge is 2.29. The summed E-state index contributed by atoms with van der Waals surface area (Å²) in [6, 6.07) is 1.44. The van der Waals surface area contributed by atoms with E-state index in [0.717, 1.165) is 18.5 Å². The molecule has 0 bridgehead atoms. The minimum absolute atomic E-state index is 0.223. The van der Waals surface area contributed by atoms with Crippen molar-refractivity contribution >= 4 is 23.3 Å². The Balaban J connectivity index is 2.45. The zero-order valence-electron chi connectivity index (χ0n) is 8.29. The van der Waals surface area contributed by atoms with Gasteiger partial charge in [-0.1, -0.05) is 11.6 Å². The van der Waals surface area contributed by atoms with Crippen LogP contribution in [0.3, 0.4) is 0 Å². The smallest absolute Gasteiger partial charge is 0.356 e. The van der Waals surface area contributed by atoms with Gasteiger partial charge in [0.1, 0.15) is 0 Å². The number of hydrogen-bond donors (Lipinski definition) is 1. The van der Waals surface area contributed by atoms with E-state index in [9.17, 15) is 4.79 Å². The molecule has 0 aromatic carbocycles. The van der Waals surface area contributed by atoms with Crippen molar-refractivity contribution in [2.45, 2.75) is 18.8 Å². The van der Waals surface area contributed by atoms with Crippen molar-refractivity contribution in [2.75, 3.05) is 12.8 Å². The summed E-state index contributed by atoms with van der Waals surface area (Å²) >= 11 is 6.01. The lowest BCUT2D eigenvalue weighted by Crippen LogP contribution is -2.08. The molecule has 80 valence electrons. The molecule has 0 radical (unpaired) electrons. The third kappa shape index (κ3) is 1.90. The van der Waals surface area contributed by atoms with Gasteiger partial charge in [-0.3, -0.25) is 0 Å². The molecule has 4 nitrogen and oxygen atoms in total. The van der Waals surface area contributed by atoms with Gasteiger partial charge in [0.05, 0.1) is 23.5 Å². The maximum atomic E-state index is 11.3. The quantitative estimate of drug-likeness (QED) is 0.784. The highest BCUT2D eigenvalue weighted by molar-refractivity contribution is 6.33. The van der Waals surface area contributed by atoms with Crippen LogP contribution in [-0.2, 0) is 4.74 Å². The van der Waals surface area contributed by atoms with Crippen LogP contribution in [0, 0.1) is 0 Å². The van der Waals surface area contributed by atoms with Gasteiger partial charge in [0.15, 0.2) is 5.69 Å². The molecular weight excluding hydrogens is 216 g/mol. The van der Waals surface area contributed by atoms with E-state index in [-0.39, 0.29) is 5.69 Å². The zero-order valence-corrected chi connectivity index (χ0v) is 9.04. The molecule has 1 aromatic rings. The first-order valence-corrected chi connectivity index (χ1v) is 5.05. The summed E-state index contributed by atoms with van der Waals surface area (Å²) in [6.07, 6.45) is 2.10. The molecule has 0 unspecified atom stereocenters. The molecular formula is C10H11ClN2O2. The second kappa shape index (κ2) is 3.70. The Morgan fingerprint density at radius 1 is 1.67 bits per heavy atom. The first kappa shape index (κ1) is 10.2.